The van der Waals surface area contributed by atoms with E-state index in [1.807, 2.05) is 6.92 Å². The molecule has 2 amide bonds. The lowest BCUT2D eigenvalue weighted by Crippen LogP contribution is -2.48. The summed E-state index contributed by atoms with van der Waals surface area (Å²) in [4.78, 5) is 27.3. The van der Waals surface area contributed by atoms with Crippen molar-refractivity contribution in [2.45, 2.75) is 43.2 Å². The number of benzene rings is 2. The Hall–Kier alpha value is -1.82. The zero-order valence-electron chi connectivity index (χ0n) is 17.0. The third-order valence-corrected chi connectivity index (χ3v) is 8.20. The lowest BCUT2D eigenvalue weighted by atomic mass is 10.2. The van der Waals surface area contributed by atoms with Crippen LogP contribution >= 0.6 is 22.6 Å². The molecule has 0 spiro atoms. The summed E-state index contributed by atoms with van der Waals surface area (Å²) in [5, 5.41) is 0. The zero-order chi connectivity index (χ0) is 22.2. The number of anilines is 1. The number of carbonyl (C=O) groups is 2. The molecule has 4 rings (SSSR count). The third kappa shape index (κ3) is 4.55. The molecular formula is C22H23IN2O5S. The Kier molecular flexibility index (Phi) is 6.47. The molecule has 31 heavy (non-hydrogen) atoms. The molecule has 0 N–H and O–H groups in total. The lowest BCUT2D eigenvalue weighted by Gasteiger charge is -2.29. The van der Waals surface area contributed by atoms with Gasteiger partial charge in [0, 0.05) is 16.7 Å². The van der Waals surface area contributed by atoms with Crippen molar-refractivity contribution in [1.29, 1.82) is 0 Å². The topological polar surface area (TPSA) is 84.0 Å². The number of carbonyl (C=O) groups excluding carboxylic acids is 2. The summed E-state index contributed by atoms with van der Waals surface area (Å²) in [6.07, 6.45) is 1.07. The number of ether oxygens (including phenoxy) is 1. The molecule has 2 aromatic carbocycles. The van der Waals surface area contributed by atoms with Crippen LogP contribution in [0.5, 0.6) is 0 Å². The first-order valence-corrected chi connectivity index (χ1v) is 12.6. The Morgan fingerprint density at radius 3 is 2.39 bits per heavy atom. The molecule has 2 saturated heterocycles. The first-order chi connectivity index (χ1) is 14.8. The van der Waals surface area contributed by atoms with Crippen LogP contribution in [-0.4, -0.2) is 49.8 Å². The van der Waals surface area contributed by atoms with Gasteiger partial charge in [0.05, 0.1) is 23.1 Å². The minimum atomic E-state index is -4.00. The second-order valence-corrected chi connectivity index (χ2v) is 10.9. The van der Waals surface area contributed by atoms with Crippen LogP contribution in [0.15, 0.2) is 53.4 Å². The Morgan fingerprint density at radius 1 is 1.10 bits per heavy atom. The van der Waals surface area contributed by atoms with Gasteiger partial charge in [-0.2, -0.15) is 4.31 Å². The van der Waals surface area contributed by atoms with Crippen molar-refractivity contribution in [3.8, 4) is 0 Å². The Bertz CT molecular complexity index is 1080. The molecule has 2 aromatic rings. The van der Waals surface area contributed by atoms with Gasteiger partial charge in [-0.1, -0.05) is 17.7 Å². The van der Waals surface area contributed by atoms with E-state index in [1.165, 1.54) is 16.4 Å². The van der Waals surface area contributed by atoms with Crippen LogP contribution in [0.25, 0.3) is 0 Å². The van der Waals surface area contributed by atoms with Crippen molar-refractivity contribution in [3.05, 3.63) is 57.7 Å². The van der Waals surface area contributed by atoms with Gasteiger partial charge >= 0.3 is 0 Å². The van der Waals surface area contributed by atoms with E-state index in [-0.39, 0.29) is 24.0 Å². The van der Waals surface area contributed by atoms with E-state index in [1.54, 1.807) is 36.4 Å². The van der Waals surface area contributed by atoms with Crippen molar-refractivity contribution >= 4 is 50.1 Å². The minimum absolute atomic E-state index is 0.0421. The van der Waals surface area contributed by atoms with Gasteiger partial charge in [-0.3, -0.25) is 9.59 Å². The highest BCUT2D eigenvalue weighted by atomic mass is 127. The van der Waals surface area contributed by atoms with E-state index in [9.17, 15) is 18.0 Å². The SMILES string of the molecule is Cc1ccc(S(=O)(=O)N(CC2CCCO2)C2CC(=O)N(c3ccc(I)cc3)C2=O)cc1. The van der Waals surface area contributed by atoms with Crippen molar-refractivity contribution in [2.75, 3.05) is 18.1 Å². The first-order valence-electron chi connectivity index (χ1n) is 10.1. The number of sulfonamides is 1. The largest absolute Gasteiger partial charge is 0.377 e. The zero-order valence-corrected chi connectivity index (χ0v) is 20.0. The standard InChI is InChI=1S/C22H23IN2O5S/c1-15-4-10-19(11-5-15)31(28,29)24(14-18-3-2-12-30-18)20-13-21(26)25(22(20)27)17-8-6-16(23)7-9-17/h4-11,18,20H,2-3,12-14H2,1H3. The predicted molar refractivity (Wildman–Crippen MR) is 124 cm³/mol. The molecule has 164 valence electrons. The summed E-state index contributed by atoms with van der Waals surface area (Å²) in [5.74, 6) is -0.937. The molecule has 2 atom stereocenters. The van der Waals surface area contributed by atoms with Crippen molar-refractivity contribution in [1.82, 2.24) is 4.31 Å². The fourth-order valence-electron chi connectivity index (χ4n) is 3.93. The smallest absolute Gasteiger partial charge is 0.252 e. The summed E-state index contributed by atoms with van der Waals surface area (Å²) in [7, 11) is -4.00. The Morgan fingerprint density at radius 2 is 1.77 bits per heavy atom. The highest BCUT2D eigenvalue weighted by molar-refractivity contribution is 14.1. The van der Waals surface area contributed by atoms with Gasteiger partial charge in [0.25, 0.3) is 5.91 Å². The molecule has 2 fully saturated rings. The first kappa shape index (κ1) is 22.4. The molecule has 0 aromatic heterocycles. The Labute approximate surface area is 195 Å². The van der Waals surface area contributed by atoms with Crippen LogP contribution in [-0.2, 0) is 24.3 Å². The van der Waals surface area contributed by atoms with E-state index >= 15 is 0 Å². The number of amides is 2. The summed E-state index contributed by atoms with van der Waals surface area (Å²) in [6.45, 7) is 2.48. The number of hydrogen-bond donors (Lipinski definition) is 0. The van der Waals surface area contributed by atoms with Gasteiger partial charge in [0.2, 0.25) is 15.9 Å². The molecule has 2 unspecified atom stereocenters. The average molecular weight is 554 g/mol. The maximum atomic E-state index is 13.5. The summed E-state index contributed by atoms with van der Waals surface area (Å²) >= 11 is 2.14. The second kappa shape index (κ2) is 8.97. The van der Waals surface area contributed by atoms with Gasteiger partial charge in [-0.05, 0) is 78.8 Å². The van der Waals surface area contributed by atoms with Gasteiger partial charge in [0.15, 0.2) is 0 Å². The van der Waals surface area contributed by atoms with Crippen molar-refractivity contribution < 1.29 is 22.7 Å². The second-order valence-electron chi connectivity index (χ2n) is 7.79. The molecule has 7 nitrogen and oxygen atoms in total. The number of halogens is 1. The highest BCUT2D eigenvalue weighted by Crippen LogP contribution is 2.31. The monoisotopic (exact) mass is 554 g/mol. The van der Waals surface area contributed by atoms with Crippen LogP contribution in [0, 0.1) is 10.5 Å². The number of hydrogen-bond acceptors (Lipinski definition) is 5. The molecule has 0 bridgehead atoms. The van der Waals surface area contributed by atoms with E-state index in [4.69, 9.17) is 4.74 Å². The van der Waals surface area contributed by atoms with E-state index in [0.717, 1.165) is 26.9 Å². The normalized spacial score (nSPS) is 22.0. The van der Waals surface area contributed by atoms with Crippen molar-refractivity contribution in [3.63, 3.8) is 0 Å². The average Bonchev–Trinajstić information content (AvgIpc) is 3.35. The Balaban J connectivity index is 1.69. The number of rotatable bonds is 6. The lowest BCUT2D eigenvalue weighted by molar-refractivity contribution is -0.122. The minimum Gasteiger partial charge on any atom is -0.377 e. The van der Waals surface area contributed by atoms with Crippen LogP contribution < -0.4 is 4.90 Å². The molecular weight excluding hydrogens is 531 g/mol. The maximum absolute atomic E-state index is 13.5. The number of imide groups is 1. The maximum Gasteiger partial charge on any atom is 0.252 e. The van der Waals surface area contributed by atoms with Crippen LogP contribution in [0.1, 0.15) is 24.8 Å². The van der Waals surface area contributed by atoms with Gasteiger partial charge in [0.1, 0.15) is 6.04 Å². The predicted octanol–water partition coefficient (Wildman–Crippen LogP) is 3.10. The molecule has 0 aliphatic carbocycles. The summed E-state index contributed by atoms with van der Waals surface area (Å²) in [6, 6.07) is 12.4. The van der Waals surface area contributed by atoms with Crippen LogP contribution in [0.4, 0.5) is 5.69 Å². The summed E-state index contributed by atoms with van der Waals surface area (Å²) in [5.41, 5.74) is 1.38. The van der Waals surface area contributed by atoms with E-state index in [0.29, 0.717) is 12.3 Å². The van der Waals surface area contributed by atoms with Crippen LogP contribution in [0.3, 0.4) is 0 Å². The van der Waals surface area contributed by atoms with Gasteiger partial charge < -0.3 is 4.74 Å². The fraction of sp³-hybridized carbons (Fsp3) is 0.364. The molecule has 2 heterocycles. The van der Waals surface area contributed by atoms with Gasteiger partial charge in [-0.25, -0.2) is 13.3 Å². The van der Waals surface area contributed by atoms with E-state index in [2.05, 4.69) is 22.6 Å². The van der Waals surface area contributed by atoms with Crippen molar-refractivity contribution in [2.24, 2.45) is 0 Å². The molecule has 0 radical (unpaired) electrons. The quantitative estimate of drug-likeness (QED) is 0.405. The summed E-state index contributed by atoms with van der Waals surface area (Å²) < 4.78 is 34.9. The molecule has 2 aliphatic rings. The molecule has 0 saturated carbocycles. The number of nitrogens with zero attached hydrogens (tertiary/aromatic N) is 2. The molecule has 9 heteroatoms. The highest BCUT2D eigenvalue weighted by Gasteiger charge is 2.47. The van der Waals surface area contributed by atoms with Gasteiger partial charge in [-0.15, -0.1) is 0 Å². The van der Waals surface area contributed by atoms with Crippen LogP contribution in [0.2, 0.25) is 0 Å². The van der Waals surface area contributed by atoms with E-state index < -0.39 is 27.9 Å². The number of aryl methyl sites for hydroxylation is 1. The fourth-order valence-corrected chi connectivity index (χ4v) is 5.90. The third-order valence-electron chi connectivity index (χ3n) is 5.59. The molecule has 2 aliphatic heterocycles.